The van der Waals surface area contributed by atoms with Gasteiger partial charge in [0.15, 0.2) is 22.8 Å². The van der Waals surface area contributed by atoms with E-state index in [2.05, 4.69) is 34.4 Å². The third kappa shape index (κ3) is 15.0. The van der Waals surface area contributed by atoms with E-state index in [1.165, 1.54) is 13.8 Å². The molecule has 1 saturated heterocycles. The lowest BCUT2D eigenvalue weighted by Crippen LogP contribution is -2.46. The van der Waals surface area contributed by atoms with Gasteiger partial charge in [-0.15, -0.1) is 0 Å². The van der Waals surface area contributed by atoms with E-state index in [-0.39, 0.29) is 47.5 Å². The van der Waals surface area contributed by atoms with Crippen LogP contribution in [-0.4, -0.2) is 123 Å². The molecule has 0 spiro atoms. The SMILES string of the molecule is CCCC(CCC)C(=O)SCCNC(=O)CCNC(=O)C(O)C(C)(C)COP(=O)(O)OP(=O)(O)OC[C@@H]1O[C@H](n2cnc3c(N)ncnc32)[C@@H](O)[C@H]1OP(=O)(O)O. The van der Waals surface area contributed by atoms with Gasteiger partial charge >= 0.3 is 23.5 Å². The highest BCUT2D eigenvalue weighted by molar-refractivity contribution is 8.13. The summed E-state index contributed by atoms with van der Waals surface area (Å²) in [4.78, 5) is 88.2. The maximum Gasteiger partial charge on any atom is 0.481 e. The normalized spacial score (nSPS) is 21.6. The van der Waals surface area contributed by atoms with Gasteiger partial charge in [-0.05, 0) is 12.8 Å². The number of nitrogens with two attached hydrogens (primary N) is 1. The Balaban J connectivity index is 1.48. The van der Waals surface area contributed by atoms with Crippen molar-refractivity contribution in [3.8, 4) is 0 Å². The van der Waals surface area contributed by atoms with Crippen LogP contribution in [0.1, 0.15) is 66.0 Å². The van der Waals surface area contributed by atoms with Crippen LogP contribution in [0.5, 0.6) is 0 Å². The predicted molar refractivity (Wildman–Crippen MR) is 200 cm³/mol. The van der Waals surface area contributed by atoms with Crippen LogP contribution in [-0.2, 0) is 50.7 Å². The Morgan fingerprint density at radius 3 is 2.30 bits per heavy atom. The second-order valence-electron chi connectivity index (χ2n) is 13.5. The number of aliphatic hydroxyl groups excluding tert-OH is 2. The Kier molecular flexibility index (Phi) is 18.2. The lowest BCUT2D eigenvalue weighted by atomic mass is 9.87. The number of amides is 2. The van der Waals surface area contributed by atoms with E-state index in [1.54, 1.807) is 0 Å². The third-order valence-corrected chi connectivity index (χ3v) is 12.5. The quantitative estimate of drug-likeness (QED) is 0.0521. The number of phosphoric acid groups is 3. The second-order valence-corrected chi connectivity index (χ2v) is 18.8. The molecule has 57 heavy (non-hydrogen) atoms. The minimum Gasteiger partial charge on any atom is -0.386 e. The van der Waals surface area contributed by atoms with Crippen molar-refractivity contribution in [3.05, 3.63) is 12.7 Å². The zero-order chi connectivity index (χ0) is 42.8. The number of nitrogens with one attached hydrogen (secondary N) is 2. The number of carbonyl (C=O) groups excluding carboxylic acids is 3. The van der Waals surface area contributed by atoms with Crippen molar-refractivity contribution in [2.45, 2.75) is 90.4 Å². The highest BCUT2D eigenvalue weighted by Gasteiger charge is 2.50. The minimum atomic E-state index is -5.57. The van der Waals surface area contributed by atoms with Crippen molar-refractivity contribution in [2.24, 2.45) is 11.3 Å². The molecule has 10 N–H and O–H groups in total. The molecular formula is C29H50N7O17P3S. The summed E-state index contributed by atoms with van der Waals surface area (Å²) < 4.78 is 62.2. The Bertz CT molecular complexity index is 1830. The van der Waals surface area contributed by atoms with Gasteiger partial charge in [0.05, 0.1) is 19.5 Å². The van der Waals surface area contributed by atoms with Crippen molar-refractivity contribution >= 4 is 69.1 Å². The maximum absolute atomic E-state index is 12.7. The summed E-state index contributed by atoms with van der Waals surface area (Å²) in [5.41, 5.74) is 4.27. The fourth-order valence-corrected chi connectivity index (χ4v) is 9.18. The zero-order valence-electron chi connectivity index (χ0n) is 31.5. The molecule has 24 nitrogen and oxygen atoms in total. The number of nitrogens with zero attached hydrogens (tertiary/aromatic N) is 4. The summed E-state index contributed by atoms with van der Waals surface area (Å²) in [6.07, 6.45) is -3.47. The fraction of sp³-hybridized carbons (Fsp3) is 0.724. The molecule has 0 aliphatic carbocycles. The van der Waals surface area contributed by atoms with Gasteiger partial charge in [-0.1, -0.05) is 52.3 Å². The minimum absolute atomic E-state index is 0.0160. The van der Waals surface area contributed by atoms with E-state index in [0.29, 0.717) is 5.75 Å². The first-order valence-electron chi connectivity index (χ1n) is 17.6. The summed E-state index contributed by atoms with van der Waals surface area (Å²) in [6, 6.07) is 0. The number of imidazole rings is 1. The smallest absolute Gasteiger partial charge is 0.386 e. The Labute approximate surface area is 331 Å². The fourth-order valence-electron chi connectivity index (χ4n) is 5.48. The average molecular weight is 894 g/mol. The van der Waals surface area contributed by atoms with Crippen molar-refractivity contribution < 1.29 is 80.5 Å². The molecule has 0 aromatic carbocycles. The van der Waals surface area contributed by atoms with Gasteiger partial charge < -0.3 is 50.9 Å². The van der Waals surface area contributed by atoms with E-state index in [0.717, 1.165) is 54.7 Å². The lowest BCUT2D eigenvalue weighted by Gasteiger charge is -2.30. The van der Waals surface area contributed by atoms with Crippen LogP contribution in [0, 0.1) is 11.3 Å². The summed E-state index contributed by atoms with van der Waals surface area (Å²) in [5.74, 6) is -1.06. The molecule has 324 valence electrons. The lowest BCUT2D eigenvalue weighted by molar-refractivity contribution is -0.137. The van der Waals surface area contributed by atoms with E-state index < -0.39 is 84.6 Å². The Morgan fingerprint density at radius 2 is 1.67 bits per heavy atom. The van der Waals surface area contributed by atoms with E-state index >= 15 is 0 Å². The van der Waals surface area contributed by atoms with Gasteiger partial charge in [0.1, 0.15) is 36.3 Å². The molecule has 28 heteroatoms. The van der Waals surface area contributed by atoms with Crippen molar-refractivity contribution in [3.63, 3.8) is 0 Å². The molecule has 0 bridgehead atoms. The summed E-state index contributed by atoms with van der Waals surface area (Å²) in [5, 5.41) is 26.6. The molecule has 3 heterocycles. The van der Waals surface area contributed by atoms with Crippen LogP contribution < -0.4 is 16.4 Å². The molecule has 2 aromatic rings. The molecule has 3 unspecified atom stereocenters. The molecule has 0 radical (unpaired) electrons. The largest absolute Gasteiger partial charge is 0.481 e. The summed E-state index contributed by atoms with van der Waals surface area (Å²) in [6.45, 7) is 4.58. The number of anilines is 1. The first-order valence-corrected chi connectivity index (χ1v) is 23.1. The van der Waals surface area contributed by atoms with Gasteiger partial charge in [0.25, 0.3) is 0 Å². The first kappa shape index (κ1) is 48.9. The predicted octanol–water partition coefficient (Wildman–Crippen LogP) is 0.881. The van der Waals surface area contributed by atoms with Crippen LogP contribution in [0.15, 0.2) is 12.7 Å². The number of aliphatic hydroxyl groups is 2. The van der Waals surface area contributed by atoms with Gasteiger partial charge in [-0.25, -0.2) is 28.6 Å². The summed E-state index contributed by atoms with van der Waals surface area (Å²) in [7, 11) is -16.4. The van der Waals surface area contributed by atoms with Gasteiger partial charge in [0.2, 0.25) is 11.8 Å². The second kappa shape index (κ2) is 21.2. The number of hydrogen-bond acceptors (Lipinski definition) is 18. The highest BCUT2D eigenvalue weighted by atomic mass is 32.2. The molecular weight excluding hydrogens is 843 g/mol. The number of thioether (sulfide) groups is 1. The number of fused-ring (bicyclic) bond motifs is 1. The number of rotatable bonds is 24. The first-order chi connectivity index (χ1) is 26.5. The van der Waals surface area contributed by atoms with Gasteiger partial charge in [-0.2, -0.15) is 4.31 Å². The third-order valence-electron chi connectivity index (χ3n) is 8.35. The molecule has 1 fully saturated rings. The van der Waals surface area contributed by atoms with Crippen LogP contribution in [0.3, 0.4) is 0 Å². The molecule has 7 atom stereocenters. The molecule has 0 saturated carbocycles. The van der Waals surface area contributed by atoms with Gasteiger partial charge in [0, 0.05) is 36.6 Å². The molecule has 2 amide bonds. The maximum atomic E-state index is 12.7. The Hall–Kier alpha value is -2.44. The Morgan fingerprint density at radius 1 is 1.02 bits per heavy atom. The number of phosphoric ester groups is 3. The van der Waals surface area contributed by atoms with Crippen LogP contribution in [0.4, 0.5) is 5.82 Å². The van der Waals surface area contributed by atoms with E-state index in [4.69, 9.17) is 19.5 Å². The number of hydrogen-bond donors (Lipinski definition) is 9. The molecule has 1 aliphatic rings. The number of carbonyl (C=O) groups is 3. The van der Waals surface area contributed by atoms with Crippen LogP contribution in [0.2, 0.25) is 0 Å². The van der Waals surface area contributed by atoms with Crippen molar-refractivity contribution in [1.29, 1.82) is 0 Å². The number of aromatic nitrogens is 4. The van der Waals surface area contributed by atoms with Crippen molar-refractivity contribution in [2.75, 3.05) is 37.8 Å². The average Bonchev–Trinajstić information content (AvgIpc) is 3.67. The molecule has 1 aliphatic heterocycles. The standard InChI is InChI=1S/C29H50N7O17P3S/c1-5-7-17(8-6-2)28(41)57-12-11-31-19(37)9-10-32-26(40)23(39)29(3,4)14-50-56(47,48)53-55(45,46)49-13-18-22(52-54(42,43)44)21(38)27(51-18)36-16-35-20-24(30)33-15-34-25(20)36/h15-18,21-23,27,38-39H,5-14H2,1-4H3,(H,31,37)(H,32,40)(H,45,46)(H,47,48)(H2,30,33,34)(H2,42,43,44)/t18-,21-,22-,23?,27-/m0/s1. The van der Waals surface area contributed by atoms with Crippen molar-refractivity contribution in [1.82, 2.24) is 30.2 Å². The topological polar surface area (TPSA) is 364 Å². The monoisotopic (exact) mass is 893 g/mol. The zero-order valence-corrected chi connectivity index (χ0v) is 35.0. The molecule has 3 rings (SSSR count). The van der Waals surface area contributed by atoms with Crippen LogP contribution in [0.25, 0.3) is 11.2 Å². The highest BCUT2D eigenvalue weighted by Crippen LogP contribution is 2.61. The van der Waals surface area contributed by atoms with E-state index in [9.17, 15) is 57.9 Å². The van der Waals surface area contributed by atoms with E-state index in [1.807, 2.05) is 13.8 Å². The van der Waals surface area contributed by atoms with Crippen LogP contribution >= 0.6 is 35.2 Å². The van der Waals surface area contributed by atoms with Gasteiger partial charge in [-0.3, -0.25) is 32.5 Å². The molecule has 2 aromatic heterocycles. The summed E-state index contributed by atoms with van der Waals surface area (Å²) >= 11 is 1.16. The number of ether oxygens (including phenoxy) is 1. The number of nitrogen functional groups attached to an aromatic ring is 1.